The van der Waals surface area contributed by atoms with Crippen LogP contribution in [0.5, 0.6) is 0 Å². The molecule has 1 aliphatic rings. The Morgan fingerprint density at radius 3 is 2.59 bits per heavy atom. The van der Waals surface area contributed by atoms with Gasteiger partial charge in [0.1, 0.15) is 0 Å². The van der Waals surface area contributed by atoms with Crippen molar-refractivity contribution in [1.82, 2.24) is 0 Å². The van der Waals surface area contributed by atoms with E-state index in [0.717, 1.165) is 0 Å². The number of methoxy groups -OCH3 is 1. The summed E-state index contributed by atoms with van der Waals surface area (Å²) in [4.78, 5) is 0. The van der Waals surface area contributed by atoms with Crippen LogP contribution >= 0.6 is 0 Å². The molecule has 0 atom stereocenters. The van der Waals surface area contributed by atoms with Gasteiger partial charge in [-0.2, -0.15) is 0 Å². The fraction of sp³-hybridized carbons (Fsp3) is 0.250. The molecule has 1 heteroatoms. The Labute approximate surface area is 102 Å². The van der Waals surface area contributed by atoms with Crippen molar-refractivity contribution in [3.05, 3.63) is 47.0 Å². The maximum Gasteiger partial charge on any atom is 0.0719 e. The lowest BCUT2D eigenvalue weighted by Gasteiger charge is -2.09. The second kappa shape index (κ2) is 3.71. The van der Waals surface area contributed by atoms with E-state index in [0.29, 0.717) is 6.61 Å². The number of allylic oxidation sites excluding steroid dienone is 2. The van der Waals surface area contributed by atoms with Crippen LogP contribution in [0.25, 0.3) is 21.9 Å². The fourth-order valence-corrected chi connectivity index (χ4v) is 2.83. The van der Waals surface area contributed by atoms with Gasteiger partial charge in [-0.3, -0.25) is 0 Å². The summed E-state index contributed by atoms with van der Waals surface area (Å²) in [6.45, 7) is 5.11. The zero-order chi connectivity index (χ0) is 12.0. The van der Waals surface area contributed by atoms with Gasteiger partial charge >= 0.3 is 0 Å². The molecule has 0 N–H and O–H groups in total. The van der Waals surface area contributed by atoms with Crippen LogP contribution in [-0.2, 0) is 11.3 Å². The summed E-state index contributed by atoms with van der Waals surface area (Å²) in [6.07, 6.45) is 0. The topological polar surface area (TPSA) is 9.23 Å². The Bertz CT molecular complexity index is 635. The van der Waals surface area contributed by atoms with Crippen LogP contribution in [0.1, 0.15) is 30.5 Å². The molecule has 2 aromatic carbocycles. The zero-order valence-electron chi connectivity index (χ0n) is 10.5. The Morgan fingerprint density at radius 2 is 1.82 bits per heavy atom. The maximum atomic E-state index is 5.30. The molecule has 0 saturated carbocycles. The SMILES string of the molecule is COCc1ccc2cccc3c2c1C(C)=C3C. The highest BCUT2D eigenvalue weighted by molar-refractivity contribution is 6.13. The van der Waals surface area contributed by atoms with E-state index >= 15 is 0 Å². The molecular weight excluding hydrogens is 208 g/mol. The van der Waals surface area contributed by atoms with Crippen molar-refractivity contribution in [2.24, 2.45) is 0 Å². The van der Waals surface area contributed by atoms with Gasteiger partial charge in [-0.1, -0.05) is 30.3 Å². The van der Waals surface area contributed by atoms with Crippen LogP contribution in [-0.4, -0.2) is 7.11 Å². The van der Waals surface area contributed by atoms with Gasteiger partial charge in [0.2, 0.25) is 0 Å². The second-order valence-electron chi connectivity index (χ2n) is 4.69. The molecule has 86 valence electrons. The summed E-state index contributed by atoms with van der Waals surface area (Å²) < 4.78 is 5.30. The van der Waals surface area contributed by atoms with Crippen molar-refractivity contribution >= 4 is 21.9 Å². The Hall–Kier alpha value is -1.60. The highest BCUT2D eigenvalue weighted by atomic mass is 16.5. The van der Waals surface area contributed by atoms with Crippen molar-refractivity contribution in [1.29, 1.82) is 0 Å². The largest absolute Gasteiger partial charge is 0.380 e. The molecule has 2 aromatic rings. The summed E-state index contributed by atoms with van der Waals surface area (Å²) in [5, 5.41) is 2.73. The molecule has 0 amide bonds. The summed E-state index contributed by atoms with van der Waals surface area (Å²) in [5.74, 6) is 0. The first-order valence-electron chi connectivity index (χ1n) is 5.96. The molecule has 0 saturated heterocycles. The average molecular weight is 224 g/mol. The molecule has 0 bridgehead atoms. The smallest absolute Gasteiger partial charge is 0.0719 e. The van der Waals surface area contributed by atoms with Crippen LogP contribution in [0.15, 0.2) is 30.3 Å². The third-order valence-electron chi connectivity index (χ3n) is 3.77. The van der Waals surface area contributed by atoms with Gasteiger partial charge < -0.3 is 4.74 Å². The number of hydrogen-bond acceptors (Lipinski definition) is 1. The van der Waals surface area contributed by atoms with Crippen molar-refractivity contribution < 1.29 is 4.74 Å². The normalized spacial score (nSPS) is 13.8. The van der Waals surface area contributed by atoms with E-state index in [1.165, 1.54) is 38.6 Å². The maximum absolute atomic E-state index is 5.30. The summed E-state index contributed by atoms with van der Waals surface area (Å²) in [6, 6.07) is 10.9. The highest BCUT2D eigenvalue weighted by Gasteiger charge is 2.20. The molecule has 0 radical (unpaired) electrons. The molecule has 0 aromatic heterocycles. The third-order valence-corrected chi connectivity index (χ3v) is 3.77. The van der Waals surface area contributed by atoms with E-state index in [1.807, 2.05) is 0 Å². The molecule has 0 fully saturated rings. The predicted octanol–water partition coefficient (Wildman–Crippen LogP) is 4.25. The average Bonchev–Trinajstić information content (AvgIpc) is 2.60. The van der Waals surface area contributed by atoms with Crippen molar-refractivity contribution in [2.75, 3.05) is 7.11 Å². The van der Waals surface area contributed by atoms with Gasteiger partial charge in [0.25, 0.3) is 0 Å². The minimum absolute atomic E-state index is 0.685. The van der Waals surface area contributed by atoms with Crippen LogP contribution in [0.2, 0.25) is 0 Å². The minimum atomic E-state index is 0.685. The lowest BCUT2D eigenvalue weighted by molar-refractivity contribution is 0.185. The summed E-state index contributed by atoms with van der Waals surface area (Å²) in [7, 11) is 1.75. The molecule has 0 heterocycles. The van der Waals surface area contributed by atoms with E-state index in [9.17, 15) is 0 Å². The third kappa shape index (κ3) is 1.36. The molecule has 0 aliphatic heterocycles. The van der Waals surface area contributed by atoms with Crippen molar-refractivity contribution in [3.63, 3.8) is 0 Å². The first-order valence-corrected chi connectivity index (χ1v) is 5.96. The second-order valence-corrected chi connectivity index (χ2v) is 4.69. The Kier molecular flexibility index (Phi) is 2.30. The van der Waals surface area contributed by atoms with Gasteiger partial charge in [-0.05, 0) is 52.5 Å². The number of benzene rings is 2. The predicted molar refractivity (Wildman–Crippen MR) is 72.8 cm³/mol. The first-order chi connectivity index (χ1) is 8.24. The van der Waals surface area contributed by atoms with Crippen LogP contribution < -0.4 is 0 Å². The van der Waals surface area contributed by atoms with Crippen LogP contribution in [0.3, 0.4) is 0 Å². The number of hydrogen-bond donors (Lipinski definition) is 0. The van der Waals surface area contributed by atoms with Gasteiger partial charge in [0, 0.05) is 7.11 Å². The quantitative estimate of drug-likeness (QED) is 0.741. The van der Waals surface area contributed by atoms with Gasteiger partial charge in [-0.15, -0.1) is 0 Å². The summed E-state index contributed by atoms with van der Waals surface area (Å²) in [5.41, 5.74) is 6.85. The van der Waals surface area contributed by atoms with Crippen LogP contribution in [0, 0.1) is 0 Å². The fourth-order valence-electron chi connectivity index (χ4n) is 2.83. The number of ether oxygens (including phenoxy) is 1. The number of rotatable bonds is 2. The van der Waals surface area contributed by atoms with E-state index in [4.69, 9.17) is 4.74 Å². The molecular formula is C16H16O. The highest BCUT2D eigenvalue weighted by Crippen LogP contribution is 2.43. The van der Waals surface area contributed by atoms with Gasteiger partial charge in [-0.25, -0.2) is 0 Å². The lowest BCUT2D eigenvalue weighted by atomic mass is 9.97. The van der Waals surface area contributed by atoms with E-state index in [2.05, 4.69) is 44.2 Å². The molecule has 1 aliphatic carbocycles. The first kappa shape index (κ1) is 10.5. The van der Waals surface area contributed by atoms with E-state index < -0.39 is 0 Å². The van der Waals surface area contributed by atoms with Gasteiger partial charge in [0.05, 0.1) is 6.61 Å². The molecule has 1 nitrogen and oxygen atoms in total. The zero-order valence-corrected chi connectivity index (χ0v) is 10.5. The minimum Gasteiger partial charge on any atom is -0.380 e. The van der Waals surface area contributed by atoms with Crippen molar-refractivity contribution in [3.8, 4) is 0 Å². The van der Waals surface area contributed by atoms with E-state index in [-0.39, 0.29) is 0 Å². The van der Waals surface area contributed by atoms with Gasteiger partial charge in [0.15, 0.2) is 0 Å². The van der Waals surface area contributed by atoms with Crippen LogP contribution in [0.4, 0.5) is 0 Å². The summed E-state index contributed by atoms with van der Waals surface area (Å²) >= 11 is 0. The standard InChI is InChI=1S/C16H16O/c1-10-11(2)15-13(9-17-3)8-7-12-5-4-6-14(10)16(12)15/h4-8H,9H2,1-3H3. The van der Waals surface area contributed by atoms with Crippen molar-refractivity contribution in [2.45, 2.75) is 20.5 Å². The monoisotopic (exact) mass is 224 g/mol. The molecule has 3 rings (SSSR count). The molecule has 17 heavy (non-hydrogen) atoms. The molecule has 0 spiro atoms. The Balaban J connectivity index is 2.42. The molecule has 0 unspecified atom stereocenters. The Morgan fingerprint density at radius 1 is 1.00 bits per heavy atom. The lowest BCUT2D eigenvalue weighted by Crippen LogP contribution is -1.93. The van der Waals surface area contributed by atoms with E-state index in [1.54, 1.807) is 7.11 Å².